The molecule has 0 aromatic heterocycles. The number of benzene rings is 3. The number of amides is 3. The van der Waals surface area contributed by atoms with E-state index < -0.39 is 30.1 Å². The van der Waals surface area contributed by atoms with E-state index in [0.29, 0.717) is 25.9 Å². The van der Waals surface area contributed by atoms with Crippen LogP contribution >= 0.6 is 0 Å². The largest absolute Gasteiger partial charge is 0.460 e. The van der Waals surface area contributed by atoms with Crippen molar-refractivity contribution in [3.8, 4) is 11.1 Å². The first-order valence-electron chi connectivity index (χ1n) is 15.7. The maximum absolute atomic E-state index is 14.0. The fraction of sp³-hybridized carbons (Fsp3) is 0.389. The third-order valence-electron chi connectivity index (χ3n) is 9.11. The second-order valence-electron chi connectivity index (χ2n) is 12.5. The lowest BCUT2D eigenvalue weighted by Crippen LogP contribution is -2.53. The average Bonchev–Trinajstić information content (AvgIpc) is 3.74. The number of rotatable bonds is 8. The molecular weight excluding hydrogens is 570 g/mol. The van der Waals surface area contributed by atoms with Gasteiger partial charge >= 0.3 is 12.1 Å². The smallest absolute Gasteiger partial charge is 0.410 e. The summed E-state index contributed by atoms with van der Waals surface area (Å²) in [5.74, 6) is -1.10. The van der Waals surface area contributed by atoms with Crippen molar-refractivity contribution in [2.45, 2.75) is 51.3 Å². The first-order chi connectivity index (χ1) is 21.8. The fourth-order valence-corrected chi connectivity index (χ4v) is 6.95. The number of nitrogens with one attached hydrogen (secondary N) is 1. The molecule has 0 saturated carbocycles. The molecule has 2 fully saturated rings. The summed E-state index contributed by atoms with van der Waals surface area (Å²) in [6, 6.07) is 24.2. The SMILES string of the molecule is CC1CC(C(=O)N2C[C@@H](C)C[C@H]2C(=O)NCC(=O)OCc2ccccc2)N(C(=O)OCC2c3ccccc3-c3ccccc32)C1. The van der Waals surface area contributed by atoms with E-state index in [4.69, 9.17) is 9.47 Å². The van der Waals surface area contributed by atoms with E-state index in [9.17, 15) is 19.2 Å². The molecule has 1 N–H and O–H groups in total. The molecule has 3 aromatic rings. The summed E-state index contributed by atoms with van der Waals surface area (Å²) in [6.45, 7) is 4.80. The Morgan fingerprint density at radius 3 is 1.98 bits per heavy atom. The van der Waals surface area contributed by atoms with Gasteiger partial charge in [0.1, 0.15) is 31.8 Å². The number of ether oxygens (including phenoxy) is 2. The standard InChI is InChI=1S/C36H39N3O6/c1-23-16-31(34(41)37-18-33(40)44-21-25-10-4-3-5-11-25)38(19-23)35(42)32-17-24(2)20-39(32)36(43)45-22-30-28-14-8-6-12-26(28)27-13-7-9-15-29(27)30/h3-15,23-24,30-32H,16-22H2,1-2H3,(H,37,41)/t23-,24?,31-,32?/m0/s1. The van der Waals surface area contributed by atoms with Crippen molar-refractivity contribution in [1.82, 2.24) is 15.1 Å². The van der Waals surface area contributed by atoms with Crippen LogP contribution in [0.15, 0.2) is 78.9 Å². The molecule has 1 aliphatic carbocycles. The van der Waals surface area contributed by atoms with Crippen molar-refractivity contribution >= 4 is 23.9 Å². The normalized spacial score (nSPS) is 22.1. The Morgan fingerprint density at radius 2 is 1.31 bits per heavy atom. The van der Waals surface area contributed by atoms with Gasteiger partial charge in [0.25, 0.3) is 0 Å². The second-order valence-corrected chi connectivity index (χ2v) is 12.5. The molecule has 3 aliphatic rings. The number of carbonyl (C=O) groups excluding carboxylic acids is 4. The zero-order chi connectivity index (χ0) is 31.5. The Hall–Kier alpha value is -4.66. The number of hydrogen-bond donors (Lipinski definition) is 1. The van der Waals surface area contributed by atoms with Gasteiger partial charge in [-0.1, -0.05) is 92.7 Å². The van der Waals surface area contributed by atoms with Crippen molar-refractivity contribution in [2.24, 2.45) is 11.8 Å². The minimum Gasteiger partial charge on any atom is -0.460 e. The Morgan fingerprint density at radius 1 is 0.733 bits per heavy atom. The molecular formula is C36H39N3O6. The molecule has 45 heavy (non-hydrogen) atoms. The average molecular weight is 610 g/mol. The van der Waals surface area contributed by atoms with Crippen LogP contribution in [0.5, 0.6) is 0 Å². The molecule has 234 valence electrons. The molecule has 2 aliphatic heterocycles. The number of esters is 1. The van der Waals surface area contributed by atoms with Crippen LogP contribution in [-0.4, -0.2) is 72.0 Å². The third kappa shape index (κ3) is 6.43. The molecule has 2 heterocycles. The van der Waals surface area contributed by atoms with Gasteiger partial charge in [-0.3, -0.25) is 19.3 Å². The van der Waals surface area contributed by atoms with Gasteiger partial charge in [-0.05, 0) is 52.5 Å². The Balaban J connectivity index is 1.08. The van der Waals surface area contributed by atoms with Crippen LogP contribution in [0.3, 0.4) is 0 Å². The van der Waals surface area contributed by atoms with Crippen LogP contribution in [0, 0.1) is 11.8 Å². The molecule has 3 amide bonds. The summed E-state index contributed by atoms with van der Waals surface area (Å²) in [7, 11) is 0. The van der Waals surface area contributed by atoms with Crippen LogP contribution in [-0.2, 0) is 30.5 Å². The first-order valence-corrected chi connectivity index (χ1v) is 15.7. The second kappa shape index (κ2) is 13.1. The van der Waals surface area contributed by atoms with Crippen molar-refractivity contribution < 1.29 is 28.7 Å². The molecule has 0 radical (unpaired) electrons. The number of nitrogens with zero attached hydrogens (tertiary/aromatic N) is 2. The maximum atomic E-state index is 14.0. The number of fused-ring (bicyclic) bond motifs is 3. The zero-order valence-corrected chi connectivity index (χ0v) is 25.7. The molecule has 3 aromatic carbocycles. The summed E-state index contributed by atoms with van der Waals surface area (Å²) < 4.78 is 11.2. The minimum atomic E-state index is -0.727. The van der Waals surface area contributed by atoms with Crippen LogP contribution in [0.1, 0.15) is 49.3 Å². The van der Waals surface area contributed by atoms with Crippen LogP contribution in [0.2, 0.25) is 0 Å². The van der Waals surface area contributed by atoms with Crippen molar-refractivity contribution in [3.63, 3.8) is 0 Å². The van der Waals surface area contributed by atoms with Gasteiger partial charge in [-0.2, -0.15) is 0 Å². The van der Waals surface area contributed by atoms with Crippen molar-refractivity contribution in [3.05, 3.63) is 95.6 Å². The lowest BCUT2D eigenvalue weighted by Gasteiger charge is -2.30. The Bertz CT molecular complexity index is 1530. The molecule has 0 bridgehead atoms. The maximum Gasteiger partial charge on any atom is 0.410 e. The molecule has 2 unspecified atom stereocenters. The molecule has 9 nitrogen and oxygen atoms in total. The third-order valence-corrected chi connectivity index (χ3v) is 9.11. The highest BCUT2D eigenvalue weighted by Crippen LogP contribution is 2.44. The predicted molar refractivity (Wildman–Crippen MR) is 168 cm³/mol. The molecule has 9 heteroatoms. The molecule has 0 spiro atoms. The summed E-state index contributed by atoms with van der Waals surface area (Å²) in [6.07, 6.45) is 0.451. The lowest BCUT2D eigenvalue weighted by atomic mass is 9.98. The highest BCUT2D eigenvalue weighted by atomic mass is 16.6. The summed E-state index contributed by atoms with van der Waals surface area (Å²) >= 11 is 0. The summed E-state index contributed by atoms with van der Waals surface area (Å²) in [5.41, 5.74) is 5.39. The highest BCUT2D eigenvalue weighted by molar-refractivity contribution is 5.93. The summed E-state index contributed by atoms with van der Waals surface area (Å²) in [4.78, 5) is 56.1. The Labute approximate surface area is 263 Å². The van der Waals surface area contributed by atoms with Gasteiger partial charge in [-0.25, -0.2) is 4.79 Å². The van der Waals surface area contributed by atoms with E-state index in [0.717, 1.165) is 27.8 Å². The van der Waals surface area contributed by atoms with Gasteiger partial charge in [-0.15, -0.1) is 0 Å². The van der Waals surface area contributed by atoms with E-state index >= 15 is 0 Å². The molecule has 6 rings (SSSR count). The first kappa shape index (κ1) is 30.4. The topological polar surface area (TPSA) is 105 Å². The predicted octanol–water partition coefficient (Wildman–Crippen LogP) is 4.74. The van der Waals surface area contributed by atoms with Crippen molar-refractivity contribution in [2.75, 3.05) is 26.2 Å². The monoisotopic (exact) mass is 609 g/mol. The van der Waals surface area contributed by atoms with E-state index in [2.05, 4.69) is 29.6 Å². The highest BCUT2D eigenvalue weighted by Gasteiger charge is 2.46. The van der Waals surface area contributed by atoms with Crippen LogP contribution in [0.4, 0.5) is 4.79 Å². The van der Waals surface area contributed by atoms with Gasteiger partial charge in [0, 0.05) is 19.0 Å². The van der Waals surface area contributed by atoms with E-state index in [1.165, 1.54) is 4.90 Å². The van der Waals surface area contributed by atoms with E-state index in [1.807, 2.05) is 68.4 Å². The number of carbonyl (C=O) groups is 4. The Kier molecular flexibility index (Phi) is 8.87. The van der Waals surface area contributed by atoms with Crippen LogP contribution in [0.25, 0.3) is 11.1 Å². The summed E-state index contributed by atoms with van der Waals surface area (Å²) in [5, 5.41) is 2.65. The van der Waals surface area contributed by atoms with Crippen LogP contribution < -0.4 is 5.32 Å². The van der Waals surface area contributed by atoms with Gasteiger partial charge in [0.05, 0.1) is 0 Å². The quantitative estimate of drug-likeness (QED) is 0.370. The number of hydrogen-bond acceptors (Lipinski definition) is 6. The molecule has 2 saturated heterocycles. The van der Waals surface area contributed by atoms with E-state index in [-0.39, 0.29) is 43.4 Å². The molecule has 4 atom stereocenters. The van der Waals surface area contributed by atoms with Crippen molar-refractivity contribution in [1.29, 1.82) is 0 Å². The minimum absolute atomic E-state index is 0.0811. The van der Waals surface area contributed by atoms with Gasteiger partial charge < -0.3 is 19.7 Å². The van der Waals surface area contributed by atoms with Gasteiger partial charge in [0.2, 0.25) is 11.8 Å². The van der Waals surface area contributed by atoms with E-state index in [1.54, 1.807) is 4.90 Å². The fourth-order valence-electron chi connectivity index (χ4n) is 6.95. The van der Waals surface area contributed by atoms with Gasteiger partial charge in [0.15, 0.2) is 0 Å². The number of likely N-dealkylation sites (tertiary alicyclic amines) is 2. The zero-order valence-electron chi connectivity index (χ0n) is 25.7. The lowest BCUT2D eigenvalue weighted by molar-refractivity contribution is -0.146.